The molecule has 0 aromatic heterocycles. The van der Waals surface area contributed by atoms with Crippen LogP contribution < -0.4 is 10.6 Å². The summed E-state index contributed by atoms with van der Waals surface area (Å²) in [4.78, 5) is 26.2. The second-order valence-corrected chi connectivity index (χ2v) is 6.36. The Bertz CT molecular complexity index is 578. The number of morpholine rings is 1. The number of halogens is 1. The molecule has 0 radical (unpaired) electrons. The molecule has 24 heavy (non-hydrogen) atoms. The van der Waals surface area contributed by atoms with Crippen molar-refractivity contribution >= 4 is 29.1 Å². The first-order valence-electron chi connectivity index (χ1n) is 8.13. The number of hydrogen-bond acceptors (Lipinski definition) is 4. The number of nitrogens with one attached hydrogen (secondary N) is 2. The normalized spacial score (nSPS) is 15.1. The first kappa shape index (κ1) is 18.7. The molecule has 2 N–H and O–H groups in total. The second kappa shape index (κ2) is 9.01. The molecular weight excluding hydrogens is 330 g/mol. The lowest BCUT2D eigenvalue weighted by molar-refractivity contribution is -0.136. The quantitative estimate of drug-likeness (QED) is 0.625. The maximum atomic E-state index is 12.0. The van der Waals surface area contributed by atoms with E-state index in [4.69, 9.17) is 16.3 Å². The number of anilines is 1. The van der Waals surface area contributed by atoms with Gasteiger partial charge in [0.2, 0.25) is 0 Å². The van der Waals surface area contributed by atoms with E-state index in [1.807, 2.05) is 19.9 Å². The zero-order chi connectivity index (χ0) is 17.5. The number of carbonyl (C=O) groups excluding carboxylic acids is 2. The van der Waals surface area contributed by atoms with Crippen LogP contribution in [0.3, 0.4) is 0 Å². The van der Waals surface area contributed by atoms with Crippen molar-refractivity contribution in [3.63, 3.8) is 0 Å². The number of rotatable bonds is 5. The van der Waals surface area contributed by atoms with Gasteiger partial charge in [0.15, 0.2) is 0 Å². The minimum Gasteiger partial charge on any atom is -0.379 e. The lowest BCUT2D eigenvalue weighted by atomic mass is 10.1. The SMILES string of the molecule is Cc1cc(C)c(NC(=O)C(=O)NCCCN2CCOCC2)c(Cl)c1. The number of carbonyl (C=O) groups is 2. The van der Waals surface area contributed by atoms with Crippen LogP contribution >= 0.6 is 11.6 Å². The first-order valence-corrected chi connectivity index (χ1v) is 8.51. The minimum absolute atomic E-state index is 0.431. The number of benzene rings is 1. The fourth-order valence-corrected chi connectivity index (χ4v) is 3.02. The number of aryl methyl sites for hydroxylation is 2. The van der Waals surface area contributed by atoms with Gasteiger partial charge in [0.05, 0.1) is 23.9 Å². The lowest BCUT2D eigenvalue weighted by Crippen LogP contribution is -2.39. The van der Waals surface area contributed by atoms with Crippen LogP contribution in [0.25, 0.3) is 0 Å². The summed E-state index contributed by atoms with van der Waals surface area (Å²) < 4.78 is 5.28. The highest BCUT2D eigenvalue weighted by Gasteiger charge is 2.16. The van der Waals surface area contributed by atoms with Crippen molar-refractivity contribution in [1.29, 1.82) is 0 Å². The van der Waals surface area contributed by atoms with Crippen molar-refractivity contribution in [2.75, 3.05) is 44.7 Å². The highest BCUT2D eigenvalue weighted by atomic mass is 35.5. The molecule has 1 aromatic rings. The number of nitrogens with zero attached hydrogens (tertiary/aromatic N) is 1. The average Bonchev–Trinajstić information content (AvgIpc) is 2.55. The smallest absolute Gasteiger partial charge is 0.313 e. The van der Waals surface area contributed by atoms with Gasteiger partial charge in [0.25, 0.3) is 0 Å². The molecule has 0 bridgehead atoms. The Hall–Kier alpha value is -1.63. The summed E-state index contributed by atoms with van der Waals surface area (Å²) in [5, 5.41) is 5.66. The molecule has 2 rings (SSSR count). The predicted molar refractivity (Wildman–Crippen MR) is 94.4 cm³/mol. The third-order valence-electron chi connectivity index (χ3n) is 3.92. The topological polar surface area (TPSA) is 70.7 Å². The Balaban J connectivity index is 1.75. The van der Waals surface area contributed by atoms with Gasteiger partial charge in [-0.15, -0.1) is 0 Å². The molecule has 0 aliphatic carbocycles. The Kier molecular flexibility index (Phi) is 7.02. The monoisotopic (exact) mass is 353 g/mol. The van der Waals surface area contributed by atoms with Crippen LogP contribution in [0.2, 0.25) is 5.02 Å². The van der Waals surface area contributed by atoms with Crippen LogP contribution in [0.4, 0.5) is 5.69 Å². The van der Waals surface area contributed by atoms with Gasteiger partial charge < -0.3 is 15.4 Å². The molecule has 6 nitrogen and oxygen atoms in total. The van der Waals surface area contributed by atoms with Gasteiger partial charge in [-0.05, 0) is 44.0 Å². The summed E-state index contributed by atoms with van der Waals surface area (Å²) in [5.74, 6) is -1.34. The average molecular weight is 354 g/mol. The van der Waals surface area contributed by atoms with E-state index in [0.717, 1.165) is 50.4 Å². The molecule has 1 heterocycles. The van der Waals surface area contributed by atoms with Crippen LogP contribution in [-0.2, 0) is 14.3 Å². The van der Waals surface area contributed by atoms with Gasteiger partial charge in [0, 0.05) is 19.6 Å². The lowest BCUT2D eigenvalue weighted by Gasteiger charge is -2.26. The summed E-state index contributed by atoms with van der Waals surface area (Å²) in [6.45, 7) is 8.45. The number of amides is 2. The number of hydrogen-bond donors (Lipinski definition) is 2. The van der Waals surface area contributed by atoms with Crippen LogP contribution in [0, 0.1) is 13.8 Å². The van der Waals surface area contributed by atoms with E-state index in [9.17, 15) is 9.59 Å². The van der Waals surface area contributed by atoms with Crippen LogP contribution in [0.15, 0.2) is 12.1 Å². The van der Waals surface area contributed by atoms with Gasteiger partial charge >= 0.3 is 11.8 Å². The van der Waals surface area contributed by atoms with E-state index < -0.39 is 11.8 Å². The first-order chi connectivity index (χ1) is 11.5. The van der Waals surface area contributed by atoms with Crippen molar-refractivity contribution in [3.8, 4) is 0 Å². The second-order valence-electron chi connectivity index (χ2n) is 5.96. The Morgan fingerprint density at radius 3 is 2.58 bits per heavy atom. The summed E-state index contributed by atoms with van der Waals surface area (Å²) in [6, 6.07) is 3.66. The van der Waals surface area contributed by atoms with Crippen molar-refractivity contribution in [3.05, 3.63) is 28.3 Å². The molecule has 1 saturated heterocycles. The maximum Gasteiger partial charge on any atom is 0.313 e. The minimum atomic E-state index is -0.699. The van der Waals surface area contributed by atoms with Gasteiger partial charge in [-0.2, -0.15) is 0 Å². The van der Waals surface area contributed by atoms with Crippen LogP contribution in [0.5, 0.6) is 0 Å². The van der Waals surface area contributed by atoms with E-state index in [0.29, 0.717) is 17.3 Å². The highest BCUT2D eigenvalue weighted by molar-refractivity contribution is 6.41. The molecule has 1 aliphatic rings. The molecule has 0 spiro atoms. The van der Waals surface area contributed by atoms with Gasteiger partial charge in [-0.3, -0.25) is 14.5 Å². The summed E-state index contributed by atoms with van der Waals surface area (Å²) in [7, 11) is 0. The Morgan fingerprint density at radius 1 is 1.21 bits per heavy atom. The molecule has 0 unspecified atom stereocenters. The van der Waals surface area contributed by atoms with Crippen molar-refractivity contribution in [2.24, 2.45) is 0 Å². The molecule has 0 saturated carbocycles. The summed E-state index contributed by atoms with van der Waals surface area (Å²) >= 11 is 6.13. The Labute approximate surface area is 147 Å². The molecule has 7 heteroatoms. The van der Waals surface area contributed by atoms with E-state index in [1.54, 1.807) is 6.07 Å². The summed E-state index contributed by atoms with van der Waals surface area (Å²) in [6.07, 6.45) is 0.795. The highest BCUT2D eigenvalue weighted by Crippen LogP contribution is 2.27. The van der Waals surface area contributed by atoms with Gasteiger partial charge in [0.1, 0.15) is 0 Å². The van der Waals surface area contributed by atoms with Gasteiger partial charge in [-0.25, -0.2) is 0 Å². The molecular formula is C17H24ClN3O3. The van der Waals surface area contributed by atoms with E-state index >= 15 is 0 Å². The van der Waals surface area contributed by atoms with E-state index in [2.05, 4.69) is 15.5 Å². The van der Waals surface area contributed by atoms with Crippen molar-refractivity contribution in [1.82, 2.24) is 10.2 Å². The standard InChI is InChI=1S/C17H24ClN3O3/c1-12-10-13(2)15(14(18)11-12)20-17(23)16(22)19-4-3-5-21-6-8-24-9-7-21/h10-11H,3-9H2,1-2H3,(H,19,22)(H,20,23). The Morgan fingerprint density at radius 2 is 1.92 bits per heavy atom. The maximum absolute atomic E-state index is 12.0. The fraction of sp³-hybridized carbons (Fsp3) is 0.529. The zero-order valence-corrected chi connectivity index (χ0v) is 14.9. The van der Waals surface area contributed by atoms with Crippen molar-refractivity contribution in [2.45, 2.75) is 20.3 Å². The van der Waals surface area contributed by atoms with Gasteiger partial charge in [-0.1, -0.05) is 17.7 Å². The molecule has 1 aromatic carbocycles. The molecule has 1 aliphatic heterocycles. The van der Waals surface area contributed by atoms with Crippen molar-refractivity contribution < 1.29 is 14.3 Å². The fourth-order valence-electron chi connectivity index (χ4n) is 2.65. The van der Waals surface area contributed by atoms with Crippen LogP contribution in [-0.4, -0.2) is 56.1 Å². The molecule has 132 valence electrons. The zero-order valence-electron chi connectivity index (χ0n) is 14.2. The summed E-state index contributed by atoms with van der Waals surface area (Å²) in [5.41, 5.74) is 2.31. The largest absolute Gasteiger partial charge is 0.379 e. The van der Waals surface area contributed by atoms with Crippen LogP contribution in [0.1, 0.15) is 17.5 Å². The third kappa shape index (κ3) is 5.47. The molecule has 1 fully saturated rings. The predicted octanol–water partition coefficient (Wildman–Crippen LogP) is 1.73. The molecule has 2 amide bonds. The van der Waals surface area contributed by atoms with E-state index in [-0.39, 0.29) is 0 Å². The third-order valence-corrected chi connectivity index (χ3v) is 4.21. The molecule has 0 atom stereocenters. The number of ether oxygens (including phenoxy) is 1. The van der Waals surface area contributed by atoms with E-state index in [1.165, 1.54) is 0 Å².